The molecule has 3 N–H and O–H groups in total. The van der Waals surface area contributed by atoms with Crippen molar-refractivity contribution >= 4 is 28.2 Å². The first-order chi connectivity index (χ1) is 15.1. The molecule has 1 aromatic heterocycles. The molecule has 0 radical (unpaired) electrons. The smallest absolute Gasteiger partial charge is 0.392 e. The van der Waals surface area contributed by atoms with Gasteiger partial charge in [0, 0.05) is 17.0 Å². The van der Waals surface area contributed by atoms with E-state index in [1.165, 1.54) is 6.92 Å². The number of amides is 2. The van der Waals surface area contributed by atoms with Crippen molar-refractivity contribution in [2.24, 2.45) is 0 Å². The Hall–Kier alpha value is -2.50. The van der Waals surface area contributed by atoms with Gasteiger partial charge in [-0.2, -0.15) is 13.2 Å². The Morgan fingerprint density at radius 2 is 1.76 bits per heavy atom. The van der Waals surface area contributed by atoms with Crippen LogP contribution in [0.15, 0.2) is 18.2 Å². The molecule has 33 heavy (non-hydrogen) atoms. The number of ether oxygens (including phenoxy) is 1. The average Bonchev–Trinajstić information content (AvgIpc) is 3.12. The Labute approximate surface area is 191 Å². The van der Waals surface area contributed by atoms with E-state index in [1.54, 1.807) is 27.7 Å². The lowest BCUT2D eigenvalue weighted by Crippen LogP contribution is -2.33. The van der Waals surface area contributed by atoms with Crippen LogP contribution in [0.5, 0.6) is 0 Å². The lowest BCUT2D eigenvalue weighted by molar-refractivity contribution is -0.138. The number of alkyl halides is 3. The number of anilines is 1. The van der Waals surface area contributed by atoms with Gasteiger partial charge in [0.1, 0.15) is 10.8 Å². The summed E-state index contributed by atoms with van der Waals surface area (Å²) in [5.41, 5.74) is -3.91. The number of thiophene rings is 1. The summed E-state index contributed by atoms with van der Waals surface area (Å²) >= 11 is 0.979. The number of hydrogen-bond acceptors (Lipinski definition) is 5. The van der Waals surface area contributed by atoms with Crippen LogP contribution in [-0.4, -0.2) is 29.6 Å². The third kappa shape index (κ3) is 4.75. The number of halogens is 4. The first kappa shape index (κ1) is 25.1. The van der Waals surface area contributed by atoms with E-state index < -0.39 is 52.2 Å². The second-order valence-electron chi connectivity index (χ2n) is 8.81. The number of nitrogens with one attached hydrogen (secondary N) is 2. The summed E-state index contributed by atoms with van der Waals surface area (Å²) in [6.07, 6.45) is -5.81. The summed E-state index contributed by atoms with van der Waals surface area (Å²) in [6.45, 7) is 8.35. The van der Waals surface area contributed by atoms with E-state index in [-0.39, 0.29) is 17.1 Å². The number of rotatable bonds is 5. The van der Waals surface area contributed by atoms with Gasteiger partial charge in [-0.05, 0) is 46.8 Å². The number of benzene rings is 1. The van der Waals surface area contributed by atoms with Gasteiger partial charge in [0.2, 0.25) is 0 Å². The Morgan fingerprint density at radius 1 is 1.12 bits per heavy atom. The lowest BCUT2D eigenvalue weighted by Gasteiger charge is -2.26. The predicted molar refractivity (Wildman–Crippen MR) is 115 cm³/mol. The fourth-order valence-corrected chi connectivity index (χ4v) is 5.34. The van der Waals surface area contributed by atoms with Crippen LogP contribution in [-0.2, 0) is 22.1 Å². The maximum atomic E-state index is 14.3. The number of aliphatic hydroxyl groups excluding tert-OH is 1. The highest BCUT2D eigenvalue weighted by Crippen LogP contribution is 2.54. The highest BCUT2D eigenvalue weighted by molar-refractivity contribution is 7.17. The number of aliphatic hydroxyl groups is 1. The van der Waals surface area contributed by atoms with Gasteiger partial charge in [-0.15, -0.1) is 11.3 Å². The van der Waals surface area contributed by atoms with Crippen LogP contribution in [0.25, 0.3) is 0 Å². The SMILES string of the molecule is C[C@H](O)CNC(=O)c1c(NC(=O)c2c(F)cccc2C(F)(F)F)sc2c1C(C)(C)OC2(C)C. The molecule has 1 aliphatic rings. The highest BCUT2D eigenvalue weighted by atomic mass is 32.1. The summed E-state index contributed by atoms with van der Waals surface area (Å²) in [6, 6.07) is 2.24. The topological polar surface area (TPSA) is 87.7 Å². The van der Waals surface area contributed by atoms with E-state index in [2.05, 4.69) is 10.6 Å². The molecule has 0 unspecified atom stereocenters. The molecular formula is C22H24F4N2O4S. The highest BCUT2D eigenvalue weighted by Gasteiger charge is 2.49. The first-order valence-electron chi connectivity index (χ1n) is 10.1. The Morgan fingerprint density at radius 3 is 2.33 bits per heavy atom. The van der Waals surface area contributed by atoms with Crippen molar-refractivity contribution in [3.63, 3.8) is 0 Å². The van der Waals surface area contributed by atoms with Gasteiger partial charge in [0.25, 0.3) is 11.8 Å². The number of hydrogen-bond donors (Lipinski definition) is 3. The molecule has 0 spiro atoms. The summed E-state index contributed by atoms with van der Waals surface area (Å²) in [5.74, 6) is -3.32. The van der Waals surface area contributed by atoms with Crippen LogP contribution in [0, 0.1) is 5.82 Å². The minimum Gasteiger partial charge on any atom is -0.392 e. The molecule has 0 saturated carbocycles. The Balaban J connectivity index is 2.12. The van der Waals surface area contributed by atoms with Gasteiger partial charge in [0.15, 0.2) is 0 Å². The van der Waals surface area contributed by atoms with Crippen LogP contribution in [0.4, 0.5) is 22.6 Å². The summed E-state index contributed by atoms with van der Waals surface area (Å²) in [7, 11) is 0. The van der Waals surface area contributed by atoms with Crippen molar-refractivity contribution < 1.29 is 37.0 Å². The van der Waals surface area contributed by atoms with E-state index in [0.29, 0.717) is 16.5 Å². The summed E-state index contributed by atoms with van der Waals surface area (Å²) < 4.78 is 60.6. The lowest BCUT2D eigenvalue weighted by atomic mass is 9.93. The predicted octanol–water partition coefficient (Wildman–Crippen LogP) is 4.77. The van der Waals surface area contributed by atoms with Crippen LogP contribution in [0.3, 0.4) is 0 Å². The van der Waals surface area contributed by atoms with Crippen LogP contribution in [0.2, 0.25) is 0 Å². The minimum absolute atomic E-state index is 0.00414. The van der Waals surface area contributed by atoms with E-state index in [4.69, 9.17) is 4.74 Å². The third-order valence-corrected chi connectivity index (χ3v) is 6.54. The molecule has 2 aromatic rings. The van der Waals surface area contributed by atoms with Gasteiger partial charge < -0.3 is 20.5 Å². The maximum Gasteiger partial charge on any atom is 0.417 e. The van der Waals surface area contributed by atoms with Gasteiger partial charge in [-0.25, -0.2) is 4.39 Å². The zero-order chi connectivity index (χ0) is 24.9. The Kier molecular flexibility index (Phi) is 6.37. The number of carbonyl (C=O) groups excluding carboxylic acids is 2. The van der Waals surface area contributed by atoms with Gasteiger partial charge in [-0.1, -0.05) is 6.07 Å². The van der Waals surface area contributed by atoms with E-state index >= 15 is 0 Å². The maximum absolute atomic E-state index is 14.3. The Bertz CT molecular complexity index is 1110. The second kappa shape index (κ2) is 8.37. The quantitative estimate of drug-likeness (QED) is 0.529. The van der Waals surface area contributed by atoms with Crippen LogP contribution < -0.4 is 10.6 Å². The summed E-state index contributed by atoms with van der Waals surface area (Å²) in [5, 5.41) is 14.3. The molecule has 3 rings (SSSR count). The van der Waals surface area contributed by atoms with Crippen LogP contribution in [0.1, 0.15) is 71.3 Å². The second-order valence-corrected chi connectivity index (χ2v) is 9.83. The van der Waals surface area contributed by atoms with Crippen molar-refractivity contribution in [3.05, 3.63) is 51.1 Å². The molecule has 1 aromatic carbocycles. The molecule has 180 valence electrons. The van der Waals surface area contributed by atoms with Crippen molar-refractivity contribution in [1.29, 1.82) is 0 Å². The van der Waals surface area contributed by atoms with Crippen molar-refractivity contribution in [1.82, 2.24) is 5.32 Å². The monoisotopic (exact) mass is 488 g/mol. The molecule has 0 saturated heterocycles. The van der Waals surface area contributed by atoms with Crippen molar-refractivity contribution in [2.75, 3.05) is 11.9 Å². The number of carbonyl (C=O) groups is 2. The molecular weight excluding hydrogens is 464 g/mol. The van der Waals surface area contributed by atoms with Crippen molar-refractivity contribution in [2.45, 2.75) is 58.1 Å². The molecule has 2 heterocycles. The molecule has 11 heteroatoms. The fourth-order valence-electron chi connectivity index (χ4n) is 3.96. The molecule has 6 nitrogen and oxygen atoms in total. The average molecular weight is 489 g/mol. The molecule has 0 bridgehead atoms. The molecule has 0 aliphatic carbocycles. The van der Waals surface area contributed by atoms with Gasteiger partial charge >= 0.3 is 6.18 Å². The standard InChI is InChI=1S/C22H24F4N2O4S/c1-10(29)9-27-17(30)14-15-16(21(4,5)32-20(15,2)3)33-19(14)28-18(31)13-11(22(24,25)26)7-6-8-12(13)23/h6-8,10,29H,9H2,1-5H3,(H,27,30)(H,28,31)/t10-/m0/s1. The minimum atomic E-state index is -4.96. The fraction of sp³-hybridized carbons (Fsp3) is 0.455. The van der Waals surface area contributed by atoms with Gasteiger partial charge in [-0.3, -0.25) is 9.59 Å². The number of fused-ring (bicyclic) bond motifs is 1. The van der Waals surface area contributed by atoms with Gasteiger partial charge in [0.05, 0.1) is 34.0 Å². The van der Waals surface area contributed by atoms with E-state index in [1.807, 2.05) is 0 Å². The van der Waals surface area contributed by atoms with Crippen molar-refractivity contribution in [3.8, 4) is 0 Å². The normalized spacial score (nSPS) is 17.4. The summed E-state index contributed by atoms with van der Waals surface area (Å²) in [4.78, 5) is 26.5. The molecule has 0 fully saturated rings. The third-order valence-electron chi connectivity index (χ3n) is 5.13. The van der Waals surface area contributed by atoms with Crippen LogP contribution >= 0.6 is 11.3 Å². The first-order valence-corrected chi connectivity index (χ1v) is 10.9. The van der Waals surface area contributed by atoms with E-state index in [9.17, 15) is 32.3 Å². The zero-order valence-electron chi connectivity index (χ0n) is 18.6. The molecule has 2 amide bonds. The molecule has 1 atom stereocenters. The largest absolute Gasteiger partial charge is 0.417 e. The zero-order valence-corrected chi connectivity index (χ0v) is 19.4. The van der Waals surface area contributed by atoms with E-state index in [0.717, 1.165) is 23.5 Å². The molecule has 1 aliphatic heterocycles.